The van der Waals surface area contributed by atoms with Crippen LogP contribution in [0.2, 0.25) is 0 Å². The van der Waals surface area contributed by atoms with E-state index in [0.717, 1.165) is 16.5 Å². The zero-order valence-electron chi connectivity index (χ0n) is 18.3. The highest BCUT2D eigenvalue weighted by Gasteiger charge is 2.43. The second-order valence-corrected chi connectivity index (χ2v) is 7.27. The van der Waals surface area contributed by atoms with Crippen molar-refractivity contribution >= 4 is 29.4 Å². The lowest BCUT2D eigenvalue weighted by atomic mass is 10.1. The molecule has 3 rings (SSSR count). The van der Waals surface area contributed by atoms with Gasteiger partial charge in [0.05, 0.1) is 26.3 Å². The van der Waals surface area contributed by atoms with Gasteiger partial charge >= 0.3 is 5.97 Å². The number of methoxy groups -OCH3 is 2. The molecule has 0 aliphatic carbocycles. The van der Waals surface area contributed by atoms with Gasteiger partial charge in [0.25, 0.3) is 5.91 Å². The van der Waals surface area contributed by atoms with E-state index in [9.17, 15) is 19.2 Å². The van der Waals surface area contributed by atoms with Gasteiger partial charge in [-0.1, -0.05) is 24.3 Å². The number of hydrogen-bond donors (Lipinski definition) is 1. The van der Waals surface area contributed by atoms with Crippen molar-refractivity contribution in [1.29, 1.82) is 0 Å². The Labute approximate surface area is 190 Å². The molecule has 9 nitrogen and oxygen atoms in total. The van der Waals surface area contributed by atoms with Gasteiger partial charge in [-0.25, -0.2) is 9.69 Å². The first kappa shape index (κ1) is 23.5. The number of carboxylic acid groups (broad SMARTS) is 1. The molecule has 3 amide bonds. The molecule has 1 fully saturated rings. The van der Waals surface area contributed by atoms with Gasteiger partial charge in [-0.2, -0.15) is 0 Å². The number of aliphatic carboxylic acids is 1. The minimum Gasteiger partial charge on any atom is -0.493 e. The third-order valence-corrected chi connectivity index (χ3v) is 5.25. The number of ether oxygens (including phenoxy) is 2. The molecule has 0 saturated carbocycles. The maximum Gasteiger partial charge on any atom is 0.328 e. The summed E-state index contributed by atoms with van der Waals surface area (Å²) in [4.78, 5) is 51.8. The summed E-state index contributed by atoms with van der Waals surface area (Å²) in [6, 6.07) is 12.7. The summed E-state index contributed by atoms with van der Waals surface area (Å²) < 4.78 is 10.5. The fourth-order valence-corrected chi connectivity index (χ4v) is 3.65. The van der Waals surface area contributed by atoms with Gasteiger partial charge in [-0.3, -0.25) is 14.4 Å². The molecule has 172 valence electrons. The van der Waals surface area contributed by atoms with Crippen LogP contribution in [0, 0.1) is 0 Å². The Kier molecular flexibility index (Phi) is 7.45. The van der Waals surface area contributed by atoms with Crippen LogP contribution in [0.3, 0.4) is 0 Å². The van der Waals surface area contributed by atoms with Gasteiger partial charge in [0, 0.05) is 18.7 Å². The van der Waals surface area contributed by atoms with E-state index in [1.54, 1.807) is 48.5 Å². The van der Waals surface area contributed by atoms with E-state index in [4.69, 9.17) is 14.6 Å². The Morgan fingerprint density at radius 3 is 2.39 bits per heavy atom. The molecule has 1 heterocycles. The number of amides is 3. The number of nitrogens with zero attached hydrogens (tertiary/aromatic N) is 2. The van der Waals surface area contributed by atoms with Gasteiger partial charge in [-0.15, -0.1) is 0 Å². The predicted octanol–water partition coefficient (Wildman–Crippen LogP) is 2.05. The van der Waals surface area contributed by atoms with E-state index >= 15 is 0 Å². The predicted molar refractivity (Wildman–Crippen MR) is 119 cm³/mol. The van der Waals surface area contributed by atoms with Crippen LogP contribution in [0.1, 0.15) is 12.0 Å². The molecule has 2 aromatic rings. The summed E-state index contributed by atoms with van der Waals surface area (Å²) in [5, 5.41) is 8.90. The molecule has 1 aliphatic rings. The number of benzene rings is 2. The number of imide groups is 1. The van der Waals surface area contributed by atoms with Crippen LogP contribution >= 0.6 is 0 Å². The fraction of sp³-hybridized carbons (Fsp3) is 0.250. The minimum atomic E-state index is -1.29. The third-order valence-electron chi connectivity index (χ3n) is 5.25. The molecular weight excluding hydrogens is 428 g/mol. The Hall–Kier alpha value is -4.14. The molecule has 9 heteroatoms. The van der Waals surface area contributed by atoms with Crippen LogP contribution in [0.5, 0.6) is 11.5 Å². The Balaban J connectivity index is 1.86. The van der Waals surface area contributed by atoms with E-state index in [1.165, 1.54) is 19.1 Å². The molecular formula is C24H24N2O7. The average molecular weight is 452 g/mol. The number of hydrogen-bond acceptors (Lipinski definition) is 6. The number of anilines is 1. The van der Waals surface area contributed by atoms with Crippen molar-refractivity contribution in [3.05, 3.63) is 66.2 Å². The SMILES string of the molecule is COc1ccc(CCN(C(=O)C=CC(=O)O)C2CC(=O)N(c3ccccc3)C2=O)cc1OC. The van der Waals surface area contributed by atoms with Crippen molar-refractivity contribution in [2.45, 2.75) is 18.9 Å². The van der Waals surface area contributed by atoms with Crippen LogP contribution in [0.4, 0.5) is 5.69 Å². The normalized spacial score (nSPS) is 15.7. The summed E-state index contributed by atoms with van der Waals surface area (Å²) >= 11 is 0. The van der Waals surface area contributed by atoms with Crippen molar-refractivity contribution in [1.82, 2.24) is 4.90 Å². The monoisotopic (exact) mass is 452 g/mol. The van der Waals surface area contributed by atoms with Gasteiger partial charge in [-0.05, 0) is 36.2 Å². The van der Waals surface area contributed by atoms with E-state index in [-0.39, 0.29) is 13.0 Å². The first-order valence-corrected chi connectivity index (χ1v) is 10.2. The molecule has 1 saturated heterocycles. The van der Waals surface area contributed by atoms with E-state index < -0.39 is 29.7 Å². The summed E-state index contributed by atoms with van der Waals surface area (Å²) in [7, 11) is 3.03. The highest BCUT2D eigenvalue weighted by Crippen LogP contribution is 2.29. The molecule has 2 aromatic carbocycles. The summed E-state index contributed by atoms with van der Waals surface area (Å²) in [6.45, 7) is 0.0879. The Morgan fingerprint density at radius 2 is 1.76 bits per heavy atom. The quantitative estimate of drug-likeness (QED) is 0.458. The zero-order chi connectivity index (χ0) is 24.0. The van der Waals surface area contributed by atoms with E-state index in [0.29, 0.717) is 29.7 Å². The topological polar surface area (TPSA) is 113 Å². The number of carbonyl (C=O) groups excluding carboxylic acids is 3. The number of para-hydroxylation sites is 1. The number of carbonyl (C=O) groups is 4. The first-order chi connectivity index (χ1) is 15.8. The largest absolute Gasteiger partial charge is 0.493 e. The number of rotatable bonds is 9. The van der Waals surface area contributed by atoms with Crippen LogP contribution in [0.25, 0.3) is 0 Å². The van der Waals surface area contributed by atoms with Crippen molar-refractivity contribution in [2.24, 2.45) is 0 Å². The summed E-state index contributed by atoms with van der Waals surface area (Å²) in [5.74, 6) is -1.85. The standard InChI is InChI=1S/C24H24N2O7/c1-32-19-9-8-16(14-20(19)33-2)12-13-25(21(27)10-11-23(29)30)18-15-22(28)26(24(18)31)17-6-4-3-5-7-17/h3-11,14,18H,12-13,15H2,1-2H3,(H,29,30). The molecule has 0 aromatic heterocycles. The van der Waals surface area contributed by atoms with Gasteiger partial charge in [0.15, 0.2) is 11.5 Å². The molecule has 0 bridgehead atoms. The molecule has 0 spiro atoms. The van der Waals surface area contributed by atoms with E-state index in [2.05, 4.69) is 0 Å². The van der Waals surface area contributed by atoms with E-state index in [1.807, 2.05) is 0 Å². The second-order valence-electron chi connectivity index (χ2n) is 7.27. The minimum absolute atomic E-state index is 0.0879. The lowest BCUT2D eigenvalue weighted by Crippen LogP contribution is -2.45. The fourth-order valence-electron chi connectivity index (χ4n) is 3.65. The van der Waals surface area contributed by atoms with Crippen molar-refractivity contribution < 1.29 is 33.8 Å². The summed E-state index contributed by atoms with van der Waals surface area (Å²) in [6.07, 6.45) is 1.75. The Bertz CT molecular complexity index is 1080. The zero-order valence-corrected chi connectivity index (χ0v) is 18.3. The molecule has 1 unspecified atom stereocenters. The molecule has 33 heavy (non-hydrogen) atoms. The van der Waals surface area contributed by atoms with Crippen LogP contribution in [-0.2, 0) is 25.6 Å². The molecule has 1 N–H and O–H groups in total. The molecule has 1 aliphatic heterocycles. The number of carboxylic acids is 1. The van der Waals surface area contributed by atoms with Crippen LogP contribution < -0.4 is 14.4 Å². The van der Waals surface area contributed by atoms with Gasteiger partial charge in [0.1, 0.15) is 6.04 Å². The van der Waals surface area contributed by atoms with Crippen molar-refractivity contribution in [2.75, 3.05) is 25.7 Å². The van der Waals surface area contributed by atoms with Crippen LogP contribution in [0.15, 0.2) is 60.7 Å². The molecule has 0 radical (unpaired) electrons. The van der Waals surface area contributed by atoms with Crippen molar-refractivity contribution in [3.63, 3.8) is 0 Å². The molecule has 1 atom stereocenters. The maximum atomic E-state index is 13.1. The average Bonchev–Trinajstić information content (AvgIpc) is 3.11. The Morgan fingerprint density at radius 1 is 1.06 bits per heavy atom. The lowest BCUT2D eigenvalue weighted by molar-refractivity contribution is -0.135. The van der Waals surface area contributed by atoms with Crippen LogP contribution in [-0.4, -0.2) is 60.5 Å². The highest BCUT2D eigenvalue weighted by molar-refractivity contribution is 6.23. The second kappa shape index (κ2) is 10.4. The third kappa shape index (κ3) is 5.38. The van der Waals surface area contributed by atoms with Gasteiger partial charge < -0.3 is 19.5 Å². The highest BCUT2D eigenvalue weighted by atomic mass is 16.5. The smallest absolute Gasteiger partial charge is 0.328 e. The lowest BCUT2D eigenvalue weighted by Gasteiger charge is -2.26. The summed E-state index contributed by atoms with van der Waals surface area (Å²) in [5.41, 5.74) is 1.23. The first-order valence-electron chi connectivity index (χ1n) is 10.2. The van der Waals surface area contributed by atoms with Crippen molar-refractivity contribution in [3.8, 4) is 11.5 Å². The maximum absolute atomic E-state index is 13.1. The van der Waals surface area contributed by atoms with Gasteiger partial charge in [0.2, 0.25) is 11.8 Å².